The Hall–Kier alpha value is -0.0100. The summed E-state index contributed by atoms with van der Waals surface area (Å²) in [6, 6.07) is 0. The largest absolute Gasteiger partial charge is 0.0847 e. The number of halogens is 2. The van der Waals surface area contributed by atoms with E-state index in [0.29, 0.717) is 0 Å². The van der Waals surface area contributed by atoms with E-state index in [9.17, 15) is 0 Å². The molecule has 0 N–H and O–H groups in total. The Kier molecular flexibility index (Phi) is 3.23. The second-order valence-corrected chi connectivity index (χ2v) is 3.44. The number of hydrogen-bond donors (Lipinski definition) is 0. The van der Waals surface area contributed by atoms with Gasteiger partial charge in [-0.3, -0.25) is 0 Å². The van der Waals surface area contributed by atoms with Crippen molar-refractivity contribution in [1.82, 2.24) is 0 Å². The van der Waals surface area contributed by atoms with Gasteiger partial charge >= 0.3 is 0 Å². The quantitative estimate of drug-likeness (QED) is 0.582. The highest BCUT2D eigenvalue weighted by Gasteiger charge is 1.91. The monoisotopic (exact) mass is 218 g/mol. The summed E-state index contributed by atoms with van der Waals surface area (Å²) in [5.74, 6) is 0. The van der Waals surface area contributed by atoms with E-state index in [1.54, 1.807) is 0 Å². The fourth-order valence-corrected chi connectivity index (χ4v) is 1.27. The number of hydrogen-bond acceptors (Lipinski definition) is 0. The second-order valence-electron chi connectivity index (χ2n) is 2.09. The molecule has 0 bridgehead atoms. The van der Waals surface area contributed by atoms with Crippen molar-refractivity contribution in [1.29, 1.82) is 0 Å². The third kappa shape index (κ3) is 2.72. The molecule has 0 heterocycles. The summed E-state index contributed by atoms with van der Waals surface area (Å²) in [7, 11) is 0. The van der Waals surface area contributed by atoms with Crippen LogP contribution in [0.5, 0.6) is 0 Å². The smallest absolute Gasteiger partial charge is 0.0366 e. The van der Waals surface area contributed by atoms with Gasteiger partial charge in [0.1, 0.15) is 0 Å². The Morgan fingerprint density at radius 3 is 2.70 bits per heavy atom. The van der Waals surface area contributed by atoms with Crippen molar-refractivity contribution in [2.24, 2.45) is 0 Å². The third-order valence-corrected chi connectivity index (χ3v) is 2.12. The fourth-order valence-electron chi connectivity index (χ4n) is 0.738. The van der Waals surface area contributed by atoms with Gasteiger partial charge < -0.3 is 0 Å². The molecule has 0 amide bonds. The van der Waals surface area contributed by atoms with E-state index in [1.807, 2.05) is 18.2 Å². The third-order valence-electron chi connectivity index (χ3n) is 1.25. The lowest BCUT2D eigenvalue weighted by molar-refractivity contribution is 1.05. The predicted molar refractivity (Wildman–Crippen MR) is 49.3 cm³/mol. The van der Waals surface area contributed by atoms with Crippen molar-refractivity contribution in [3.63, 3.8) is 0 Å². The van der Waals surface area contributed by atoms with Crippen molar-refractivity contribution in [2.75, 3.05) is 0 Å². The maximum Gasteiger partial charge on any atom is 0.0366 e. The van der Waals surface area contributed by atoms with Crippen molar-refractivity contribution in [2.45, 2.75) is 12.8 Å². The molecule has 0 atom stereocenters. The fraction of sp³-hybridized carbons (Fsp3) is 0.250. The normalized spacial score (nSPS) is 32.6. The average molecular weight is 220 g/mol. The molecular weight excluding hydrogens is 211 g/mol. The van der Waals surface area contributed by atoms with Gasteiger partial charge in [0.2, 0.25) is 0 Å². The molecule has 1 aliphatic carbocycles. The Balaban J connectivity index is 2.73. The van der Waals surface area contributed by atoms with Crippen LogP contribution < -0.4 is 0 Å². The second kappa shape index (κ2) is 3.99. The summed E-state index contributed by atoms with van der Waals surface area (Å²) in [5, 5.41) is 0.824. The van der Waals surface area contributed by atoms with Crippen molar-refractivity contribution >= 4 is 27.5 Å². The van der Waals surface area contributed by atoms with Crippen LogP contribution >= 0.6 is 27.5 Å². The standard InChI is InChI=1S/C8H8BrCl/c9-7-3-1-2-4-8(10)6-5-7/h3-6H,1-2H2/b6-5-,7-3-,8-4+. The Morgan fingerprint density at radius 1 is 1.20 bits per heavy atom. The minimum absolute atomic E-state index is 0.824. The Labute approximate surface area is 74.4 Å². The Bertz CT molecular complexity index is 179. The predicted octanol–water partition coefficient (Wildman–Crippen LogP) is 3.74. The first-order chi connectivity index (χ1) is 4.79. The van der Waals surface area contributed by atoms with Crippen LogP contribution in [0.4, 0.5) is 0 Å². The molecular formula is C8H8BrCl. The van der Waals surface area contributed by atoms with Crippen LogP contribution in [0, 0.1) is 0 Å². The van der Waals surface area contributed by atoms with Crippen LogP contribution in [0.15, 0.2) is 33.8 Å². The zero-order chi connectivity index (χ0) is 7.40. The molecule has 54 valence electrons. The summed E-state index contributed by atoms with van der Waals surface area (Å²) < 4.78 is 1.11. The number of allylic oxidation sites excluding steroid dienone is 6. The lowest BCUT2D eigenvalue weighted by atomic mass is 10.2. The van der Waals surface area contributed by atoms with E-state index in [0.717, 1.165) is 22.4 Å². The van der Waals surface area contributed by atoms with E-state index >= 15 is 0 Å². The van der Waals surface area contributed by atoms with E-state index in [1.165, 1.54) is 0 Å². The summed E-state index contributed by atoms with van der Waals surface area (Å²) >= 11 is 9.17. The topological polar surface area (TPSA) is 0 Å². The summed E-state index contributed by atoms with van der Waals surface area (Å²) in [6.45, 7) is 0. The minimum Gasteiger partial charge on any atom is -0.0847 e. The van der Waals surface area contributed by atoms with Gasteiger partial charge in [-0.2, -0.15) is 0 Å². The molecule has 0 nitrogen and oxygen atoms in total. The van der Waals surface area contributed by atoms with Crippen LogP contribution in [0.2, 0.25) is 0 Å². The van der Waals surface area contributed by atoms with Gasteiger partial charge in [0.15, 0.2) is 0 Å². The van der Waals surface area contributed by atoms with Crippen LogP contribution in [-0.2, 0) is 0 Å². The first-order valence-corrected chi connectivity index (χ1v) is 4.35. The molecule has 0 radical (unpaired) electrons. The molecule has 10 heavy (non-hydrogen) atoms. The zero-order valence-electron chi connectivity index (χ0n) is 5.48. The molecule has 2 heteroatoms. The minimum atomic E-state index is 0.824. The molecule has 1 rings (SSSR count). The van der Waals surface area contributed by atoms with Gasteiger partial charge in [-0.05, 0) is 25.0 Å². The highest BCUT2D eigenvalue weighted by Crippen LogP contribution is 2.16. The van der Waals surface area contributed by atoms with E-state index < -0.39 is 0 Å². The molecule has 0 saturated heterocycles. The van der Waals surface area contributed by atoms with Crippen molar-refractivity contribution in [3.05, 3.63) is 33.8 Å². The van der Waals surface area contributed by atoms with E-state index in [4.69, 9.17) is 11.6 Å². The highest BCUT2D eigenvalue weighted by atomic mass is 79.9. The van der Waals surface area contributed by atoms with Crippen molar-refractivity contribution in [3.8, 4) is 0 Å². The van der Waals surface area contributed by atoms with Crippen LogP contribution in [0.1, 0.15) is 12.8 Å². The highest BCUT2D eigenvalue weighted by molar-refractivity contribution is 9.11. The molecule has 0 aromatic carbocycles. The van der Waals surface area contributed by atoms with Crippen LogP contribution in [-0.4, -0.2) is 0 Å². The lowest BCUT2D eigenvalue weighted by Crippen LogP contribution is -1.74. The van der Waals surface area contributed by atoms with Gasteiger partial charge in [-0.15, -0.1) is 0 Å². The molecule has 0 spiro atoms. The van der Waals surface area contributed by atoms with Crippen LogP contribution in [0.25, 0.3) is 0 Å². The lowest BCUT2D eigenvalue weighted by Gasteiger charge is -1.95. The molecule has 0 unspecified atom stereocenters. The summed E-state index contributed by atoms with van der Waals surface area (Å²) in [5.41, 5.74) is 0. The molecule has 0 fully saturated rings. The molecule has 0 saturated carbocycles. The van der Waals surface area contributed by atoms with Crippen LogP contribution in [0.3, 0.4) is 0 Å². The molecule has 1 aliphatic rings. The Morgan fingerprint density at radius 2 is 1.90 bits per heavy atom. The van der Waals surface area contributed by atoms with Gasteiger partial charge in [0.25, 0.3) is 0 Å². The molecule has 0 aliphatic heterocycles. The summed E-state index contributed by atoms with van der Waals surface area (Å²) in [4.78, 5) is 0. The summed E-state index contributed by atoms with van der Waals surface area (Å²) in [6.07, 6.45) is 10.1. The van der Waals surface area contributed by atoms with Gasteiger partial charge in [0.05, 0.1) is 0 Å². The van der Waals surface area contributed by atoms with Gasteiger partial charge in [0, 0.05) is 9.51 Å². The maximum atomic E-state index is 5.79. The zero-order valence-corrected chi connectivity index (χ0v) is 7.82. The van der Waals surface area contributed by atoms with Crippen molar-refractivity contribution < 1.29 is 0 Å². The van der Waals surface area contributed by atoms with Gasteiger partial charge in [-0.1, -0.05) is 39.7 Å². The first-order valence-electron chi connectivity index (χ1n) is 3.18. The van der Waals surface area contributed by atoms with Gasteiger partial charge in [-0.25, -0.2) is 0 Å². The first kappa shape index (κ1) is 8.09. The molecule has 0 aromatic rings. The molecule has 0 aromatic heterocycles. The van der Waals surface area contributed by atoms with E-state index in [2.05, 4.69) is 22.0 Å². The maximum absolute atomic E-state index is 5.79. The SMILES string of the molecule is ClC1=C/CC/C=C(Br)/C=C\1. The average Bonchev–Trinajstić information content (AvgIpc) is 1.90. The van der Waals surface area contributed by atoms with E-state index in [-0.39, 0.29) is 0 Å². The number of rotatable bonds is 0.